The molecule has 0 spiro atoms. The van der Waals surface area contributed by atoms with Crippen molar-refractivity contribution in [2.45, 2.75) is 12.6 Å². The highest BCUT2D eigenvalue weighted by molar-refractivity contribution is 6.30. The van der Waals surface area contributed by atoms with E-state index >= 15 is 0 Å². The van der Waals surface area contributed by atoms with Gasteiger partial charge in [-0.3, -0.25) is 14.5 Å². The molecule has 1 aliphatic rings. The summed E-state index contributed by atoms with van der Waals surface area (Å²) in [4.78, 5) is 29.6. The lowest BCUT2D eigenvalue weighted by Gasteiger charge is -2.39. The maximum absolute atomic E-state index is 14.2. The van der Waals surface area contributed by atoms with Gasteiger partial charge in [0.2, 0.25) is 5.91 Å². The van der Waals surface area contributed by atoms with Crippen LogP contribution in [-0.4, -0.2) is 51.7 Å². The average molecular weight is 517 g/mol. The third-order valence-electron chi connectivity index (χ3n) is 6.63. The van der Waals surface area contributed by atoms with E-state index in [1.165, 1.54) is 23.8 Å². The molecule has 0 aliphatic carbocycles. The Hall–Kier alpha value is -3.81. The van der Waals surface area contributed by atoms with Crippen molar-refractivity contribution in [3.63, 3.8) is 0 Å². The van der Waals surface area contributed by atoms with E-state index in [0.29, 0.717) is 36.9 Å². The summed E-state index contributed by atoms with van der Waals surface area (Å²) in [5.41, 5.74) is 2.50. The molecule has 0 unspecified atom stereocenters. The maximum Gasteiger partial charge on any atom is 0.267 e. The first-order valence-corrected chi connectivity index (χ1v) is 12.5. The number of hydrogen-bond acceptors (Lipinski definition) is 4. The molecule has 0 saturated carbocycles. The second-order valence-corrected chi connectivity index (χ2v) is 9.41. The molecule has 6 nitrogen and oxygen atoms in total. The number of halogens is 2. The normalized spacial score (nSPS) is 14.9. The quantitative estimate of drug-likeness (QED) is 0.375. The van der Waals surface area contributed by atoms with Gasteiger partial charge in [0, 0.05) is 42.8 Å². The number of carbonyl (C=O) groups excluding carboxylic acids is 1. The third kappa shape index (κ3) is 5.63. The summed E-state index contributed by atoms with van der Waals surface area (Å²) in [5, 5.41) is 4.95. The number of amides is 1. The molecule has 1 saturated heterocycles. The van der Waals surface area contributed by atoms with Crippen molar-refractivity contribution in [1.82, 2.24) is 19.6 Å². The molecule has 1 amide bonds. The van der Waals surface area contributed by atoms with Crippen molar-refractivity contribution in [2.75, 3.05) is 26.2 Å². The molecule has 1 aromatic heterocycles. The van der Waals surface area contributed by atoms with Crippen LogP contribution in [0.3, 0.4) is 0 Å². The molecule has 0 bridgehead atoms. The van der Waals surface area contributed by atoms with Gasteiger partial charge >= 0.3 is 0 Å². The highest BCUT2D eigenvalue weighted by atomic mass is 35.5. The van der Waals surface area contributed by atoms with Crippen LogP contribution in [-0.2, 0) is 11.3 Å². The Balaban J connectivity index is 1.29. The van der Waals surface area contributed by atoms with Gasteiger partial charge in [0.1, 0.15) is 12.4 Å². The number of nitrogens with zero attached hydrogens (tertiary/aromatic N) is 4. The van der Waals surface area contributed by atoms with E-state index in [9.17, 15) is 14.0 Å². The largest absolute Gasteiger partial charge is 0.339 e. The minimum atomic E-state index is -0.434. The maximum atomic E-state index is 14.2. The zero-order chi connectivity index (χ0) is 25.8. The lowest BCUT2D eigenvalue weighted by Crippen LogP contribution is -2.51. The number of aromatic nitrogens is 2. The van der Waals surface area contributed by atoms with Crippen LogP contribution in [0.15, 0.2) is 95.8 Å². The van der Waals surface area contributed by atoms with Crippen LogP contribution in [0.2, 0.25) is 5.02 Å². The van der Waals surface area contributed by atoms with Gasteiger partial charge in [-0.2, -0.15) is 5.10 Å². The SMILES string of the molecule is O=C(Cn1nc(-c2ccccc2F)ccc1=O)N1CCN([C@H](c2ccccc2)c2ccc(Cl)cc2)CC1. The molecule has 1 atom stereocenters. The summed E-state index contributed by atoms with van der Waals surface area (Å²) < 4.78 is 15.3. The average Bonchev–Trinajstić information content (AvgIpc) is 2.92. The monoisotopic (exact) mass is 516 g/mol. The zero-order valence-corrected chi connectivity index (χ0v) is 20.9. The van der Waals surface area contributed by atoms with Crippen LogP contribution in [0, 0.1) is 5.82 Å². The van der Waals surface area contributed by atoms with Crippen molar-refractivity contribution in [3.05, 3.63) is 123 Å². The molecule has 188 valence electrons. The summed E-state index contributed by atoms with van der Waals surface area (Å²) in [5.74, 6) is -0.626. The fraction of sp³-hybridized carbons (Fsp3) is 0.207. The van der Waals surface area contributed by atoms with Crippen LogP contribution < -0.4 is 5.56 Å². The summed E-state index contributed by atoms with van der Waals surface area (Å²) in [7, 11) is 0. The Morgan fingerprint density at radius 1 is 0.838 bits per heavy atom. The van der Waals surface area contributed by atoms with E-state index in [0.717, 1.165) is 10.2 Å². The lowest BCUT2D eigenvalue weighted by atomic mass is 9.96. The Labute approximate surface area is 219 Å². The van der Waals surface area contributed by atoms with Gasteiger partial charge in [0.05, 0.1) is 11.7 Å². The Morgan fingerprint density at radius 2 is 1.49 bits per heavy atom. The van der Waals surface area contributed by atoms with Crippen LogP contribution in [0.25, 0.3) is 11.3 Å². The van der Waals surface area contributed by atoms with E-state index in [2.05, 4.69) is 22.1 Å². The van der Waals surface area contributed by atoms with Crippen LogP contribution in [0.5, 0.6) is 0 Å². The van der Waals surface area contributed by atoms with E-state index in [1.54, 1.807) is 23.1 Å². The van der Waals surface area contributed by atoms with Gasteiger partial charge in [-0.15, -0.1) is 0 Å². The smallest absolute Gasteiger partial charge is 0.267 e. The van der Waals surface area contributed by atoms with Crippen molar-refractivity contribution >= 4 is 17.5 Å². The Kier molecular flexibility index (Phi) is 7.44. The van der Waals surface area contributed by atoms with Crippen LogP contribution in [0.4, 0.5) is 4.39 Å². The molecule has 5 rings (SSSR count). The Bertz CT molecular complexity index is 1430. The molecule has 1 aliphatic heterocycles. The van der Waals surface area contributed by atoms with Gasteiger partial charge in [-0.05, 0) is 41.5 Å². The topological polar surface area (TPSA) is 58.4 Å². The molecular weight excluding hydrogens is 491 g/mol. The number of piperazine rings is 1. The lowest BCUT2D eigenvalue weighted by molar-refractivity contribution is -0.134. The number of benzene rings is 3. The summed E-state index contributed by atoms with van der Waals surface area (Å²) in [6, 6.07) is 27.2. The van der Waals surface area contributed by atoms with Crippen molar-refractivity contribution < 1.29 is 9.18 Å². The summed E-state index contributed by atoms with van der Waals surface area (Å²) in [6.07, 6.45) is 0. The first-order valence-electron chi connectivity index (χ1n) is 12.1. The zero-order valence-electron chi connectivity index (χ0n) is 20.1. The predicted octanol–water partition coefficient (Wildman–Crippen LogP) is 4.64. The second-order valence-electron chi connectivity index (χ2n) is 8.98. The minimum Gasteiger partial charge on any atom is -0.339 e. The standard InChI is InChI=1S/C29H26ClFN4O2/c30-23-12-10-22(11-13-23)29(21-6-2-1-3-7-21)34-18-16-33(17-19-34)28(37)20-35-27(36)15-14-26(32-35)24-8-4-5-9-25(24)31/h1-15,29H,16-20H2/t29-/m1/s1. The third-order valence-corrected chi connectivity index (χ3v) is 6.89. The van der Waals surface area contributed by atoms with E-state index in [4.69, 9.17) is 11.6 Å². The van der Waals surface area contributed by atoms with Gasteiger partial charge in [0.15, 0.2) is 0 Å². The fourth-order valence-electron chi connectivity index (χ4n) is 4.73. The molecule has 37 heavy (non-hydrogen) atoms. The summed E-state index contributed by atoms with van der Waals surface area (Å²) in [6.45, 7) is 2.20. The number of rotatable bonds is 6. The molecule has 0 N–H and O–H groups in total. The van der Waals surface area contributed by atoms with Gasteiger partial charge in [-0.25, -0.2) is 9.07 Å². The first kappa shape index (κ1) is 24.9. The first-order chi connectivity index (χ1) is 18.0. The van der Waals surface area contributed by atoms with Gasteiger partial charge in [0.25, 0.3) is 5.56 Å². The molecule has 2 heterocycles. The van der Waals surface area contributed by atoms with Crippen molar-refractivity contribution in [3.8, 4) is 11.3 Å². The Morgan fingerprint density at radius 3 is 2.19 bits per heavy atom. The molecule has 1 fully saturated rings. The summed E-state index contributed by atoms with van der Waals surface area (Å²) >= 11 is 6.13. The molecule has 0 radical (unpaired) electrons. The van der Waals surface area contributed by atoms with E-state index in [1.807, 2.05) is 42.5 Å². The molecule has 3 aromatic carbocycles. The van der Waals surface area contributed by atoms with Crippen molar-refractivity contribution in [1.29, 1.82) is 0 Å². The second kappa shape index (κ2) is 11.1. The number of carbonyl (C=O) groups is 1. The molecule has 4 aromatic rings. The fourth-order valence-corrected chi connectivity index (χ4v) is 4.85. The predicted molar refractivity (Wildman–Crippen MR) is 142 cm³/mol. The van der Waals surface area contributed by atoms with Crippen LogP contribution >= 0.6 is 11.6 Å². The van der Waals surface area contributed by atoms with E-state index in [-0.39, 0.29) is 24.1 Å². The highest BCUT2D eigenvalue weighted by Crippen LogP contribution is 2.30. The van der Waals surface area contributed by atoms with E-state index < -0.39 is 11.4 Å². The highest BCUT2D eigenvalue weighted by Gasteiger charge is 2.28. The molecule has 8 heteroatoms. The minimum absolute atomic E-state index is 0.0393. The van der Waals surface area contributed by atoms with Gasteiger partial charge < -0.3 is 4.90 Å². The number of hydrogen-bond donors (Lipinski definition) is 0. The van der Waals surface area contributed by atoms with Crippen molar-refractivity contribution in [2.24, 2.45) is 0 Å². The molecular formula is C29H26ClFN4O2. The van der Waals surface area contributed by atoms with Gasteiger partial charge in [-0.1, -0.05) is 66.2 Å². The van der Waals surface area contributed by atoms with Crippen LogP contribution in [0.1, 0.15) is 17.2 Å².